The molecule has 3 rings (SSSR count). The van der Waals surface area contributed by atoms with Crippen molar-refractivity contribution in [2.24, 2.45) is 0 Å². The third-order valence-electron chi connectivity index (χ3n) is 3.94. The Hall–Kier alpha value is -1.44. The largest absolute Gasteiger partial charge is 0.493 e. The molecule has 0 fully saturated rings. The van der Waals surface area contributed by atoms with E-state index in [0.717, 1.165) is 22.7 Å². The Kier molecular flexibility index (Phi) is 3.96. The molecule has 0 bridgehead atoms. The van der Waals surface area contributed by atoms with Crippen molar-refractivity contribution in [2.75, 3.05) is 6.61 Å². The first-order valence-corrected chi connectivity index (χ1v) is 9.50. The zero-order valence-corrected chi connectivity index (χ0v) is 14.1. The monoisotopic (exact) mass is 338 g/mol. The van der Waals surface area contributed by atoms with Crippen LogP contribution in [0.2, 0.25) is 0 Å². The third-order valence-corrected chi connectivity index (χ3v) is 6.57. The number of aromatic nitrogens is 1. The van der Waals surface area contributed by atoms with Gasteiger partial charge in [-0.1, -0.05) is 6.92 Å². The average Bonchev–Trinajstić information content (AvgIpc) is 3.17. The molecule has 118 valence electrons. The number of thiazole rings is 1. The molecule has 7 heteroatoms. The summed E-state index contributed by atoms with van der Waals surface area (Å²) in [6.07, 6.45) is 3.05. The minimum atomic E-state index is -3.62. The summed E-state index contributed by atoms with van der Waals surface area (Å²) in [5.41, 5.74) is 0.234. The first-order valence-electron chi connectivity index (χ1n) is 7.14. The first-order chi connectivity index (χ1) is 10.4. The Balaban J connectivity index is 1.93. The van der Waals surface area contributed by atoms with Gasteiger partial charge in [0.05, 0.1) is 17.0 Å². The number of hydrogen-bond donors (Lipinski definition) is 1. The van der Waals surface area contributed by atoms with Crippen LogP contribution in [-0.4, -0.2) is 20.0 Å². The van der Waals surface area contributed by atoms with Crippen LogP contribution in [0, 0.1) is 0 Å². The van der Waals surface area contributed by atoms with E-state index in [1.54, 1.807) is 24.4 Å². The fraction of sp³-hybridized carbons (Fsp3) is 0.400. The van der Waals surface area contributed by atoms with E-state index in [0.29, 0.717) is 13.0 Å². The van der Waals surface area contributed by atoms with E-state index in [1.165, 1.54) is 11.3 Å². The third kappa shape index (κ3) is 2.76. The van der Waals surface area contributed by atoms with E-state index < -0.39 is 15.6 Å². The fourth-order valence-electron chi connectivity index (χ4n) is 2.45. The quantitative estimate of drug-likeness (QED) is 0.910. The van der Waals surface area contributed by atoms with Crippen molar-refractivity contribution in [1.82, 2.24) is 9.71 Å². The van der Waals surface area contributed by atoms with Crippen LogP contribution in [0.15, 0.2) is 34.7 Å². The molecule has 2 aromatic rings. The van der Waals surface area contributed by atoms with Gasteiger partial charge >= 0.3 is 0 Å². The molecule has 1 aliphatic heterocycles. The molecule has 22 heavy (non-hydrogen) atoms. The molecule has 0 radical (unpaired) electrons. The SMILES string of the molecule is CC[C@@](C)(NS(=O)(=O)c1ccc2c(c1)CCO2)c1nccs1. The predicted molar refractivity (Wildman–Crippen MR) is 85.7 cm³/mol. The Morgan fingerprint density at radius 2 is 2.27 bits per heavy atom. The van der Waals surface area contributed by atoms with Gasteiger partial charge in [0.2, 0.25) is 10.0 Å². The van der Waals surface area contributed by atoms with Crippen molar-refractivity contribution >= 4 is 21.4 Å². The van der Waals surface area contributed by atoms with Gasteiger partial charge in [-0.05, 0) is 37.1 Å². The molecule has 1 N–H and O–H groups in total. The second-order valence-corrected chi connectivity index (χ2v) is 8.07. The van der Waals surface area contributed by atoms with Gasteiger partial charge in [-0.15, -0.1) is 11.3 Å². The maximum absolute atomic E-state index is 12.7. The summed E-state index contributed by atoms with van der Waals surface area (Å²) in [5.74, 6) is 0.775. The maximum Gasteiger partial charge on any atom is 0.241 e. The van der Waals surface area contributed by atoms with Gasteiger partial charge in [0, 0.05) is 18.0 Å². The van der Waals surface area contributed by atoms with Gasteiger partial charge in [0.15, 0.2) is 0 Å². The summed E-state index contributed by atoms with van der Waals surface area (Å²) in [4.78, 5) is 4.54. The molecule has 2 heterocycles. The number of rotatable bonds is 5. The lowest BCUT2D eigenvalue weighted by atomic mass is 10.0. The highest BCUT2D eigenvalue weighted by Crippen LogP contribution is 2.31. The molecule has 1 aromatic heterocycles. The second-order valence-electron chi connectivity index (χ2n) is 5.50. The number of hydrogen-bond acceptors (Lipinski definition) is 5. The number of nitrogens with zero attached hydrogens (tertiary/aromatic N) is 1. The van der Waals surface area contributed by atoms with Crippen LogP contribution in [0.3, 0.4) is 0 Å². The zero-order chi connectivity index (χ0) is 15.8. The topological polar surface area (TPSA) is 68.3 Å². The van der Waals surface area contributed by atoms with Crippen LogP contribution in [0.1, 0.15) is 30.8 Å². The fourth-order valence-corrected chi connectivity index (χ4v) is 4.84. The van der Waals surface area contributed by atoms with E-state index in [1.807, 2.05) is 19.2 Å². The molecule has 1 atom stereocenters. The molecule has 0 saturated carbocycles. The molecule has 1 aromatic carbocycles. The van der Waals surface area contributed by atoms with Gasteiger partial charge in [0.1, 0.15) is 10.8 Å². The van der Waals surface area contributed by atoms with E-state index >= 15 is 0 Å². The van der Waals surface area contributed by atoms with Crippen molar-refractivity contribution in [3.8, 4) is 5.75 Å². The highest BCUT2D eigenvalue weighted by Gasteiger charge is 2.33. The van der Waals surface area contributed by atoms with E-state index in [4.69, 9.17) is 4.74 Å². The van der Waals surface area contributed by atoms with Crippen molar-refractivity contribution < 1.29 is 13.2 Å². The van der Waals surface area contributed by atoms with E-state index in [2.05, 4.69) is 9.71 Å². The zero-order valence-electron chi connectivity index (χ0n) is 12.5. The minimum absolute atomic E-state index is 0.271. The molecule has 0 unspecified atom stereocenters. The highest BCUT2D eigenvalue weighted by molar-refractivity contribution is 7.89. The molecular weight excluding hydrogens is 320 g/mol. The maximum atomic E-state index is 12.7. The lowest BCUT2D eigenvalue weighted by Gasteiger charge is -2.27. The lowest BCUT2D eigenvalue weighted by Crippen LogP contribution is -2.42. The van der Waals surface area contributed by atoms with E-state index in [-0.39, 0.29) is 4.90 Å². The standard InChI is InChI=1S/C15H18N2O3S2/c1-3-15(2,14-16-7-9-21-14)17-22(18,19)12-4-5-13-11(10-12)6-8-20-13/h4-5,7,9-10,17H,3,6,8H2,1-2H3/t15-/m1/s1. The number of benzene rings is 1. The molecule has 0 amide bonds. The summed E-state index contributed by atoms with van der Waals surface area (Å²) in [5, 5.41) is 2.62. The number of fused-ring (bicyclic) bond motifs is 1. The van der Waals surface area contributed by atoms with Crippen molar-refractivity contribution in [2.45, 2.75) is 37.1 Å². The summed E-state index contributed by atoms with van der Waals surface area (Å²) in [7, 11) is -3.62. The Morgan fingerprint density at radius 3 is 2.95 bits per heavy atom. The van der Waals surface area contributed by atoms with Gasteiger partial charge in [-0.25, -0.2) is 13.4 Å². The molecule has 0 saturated heterocycles. The van der Waals surface area contributed by atoms with Gasteiger partial charge in [-0.3, -0.25) is 0 Å². The number of ether oxygens (including phenoxy) is 1. The van der Waals surface area contributed by atoms with Crippen LogP contribution in [0.4, 0.5) is 0 Å². The number of sulfonamides is 1. The molecule has 0 aliphatic carbocycles. The smallest absolute Gasteiger partial charge is 0.241 e. The van der Waals surface area contributed by atoms with Crippen LogP contribution in [-0.2, 0) is 22.0 Å². The lowest BCUT2D eigenvalue weighted by molar-refractivity contribution is 0.356. The summed E-state index contributed by atoms with van der Waals surface area (Å²) in [6, 6.07) is 5.01. The Bertz CT molecular complexity index is 772. The molecule has 1 aliphatic rings. The normalized spacial score (nSPS) is 16.8. The molecule has 5 nitrogen and oxygen atoms in total. The Labute approximate surface area is 134 Å². The first kappa shape index (κ1) is 15.5. The van der Waals surface area contributed by atoms with Gasteiger partial charge < -0.3 is 4.74 Å². The Morgan fingerprint density at radius 1 is 1.45 bits per heavy atom. The van der Waals surface area contributed by atoms with Crippen LogP contribution >= 0.6 is 11.3 Å². The average molecular weight is 338 g/mol. The van der Waals surface area contributed by atoms with Gasteiger partial charge in [-0.2, -0.15) is 4.72 Å². The van der Waals surface area contributed by atoms with Crippen molar-refractivity contribution in [3.05, 3.63) is 40.3 Å². The molecular formula is C15H18N2O3S2. The van der Waals surface area contributed by atoms with Gasteiger partial charge in [0.25, 0.3) is 0 Å². The number of nitrogens with one attached hydrogen (secondary N) is 1. The van der Waals surface area contributed by atoms with Crippen molar-refractivity contribution in [3.63, 3.8) is 0 Å². The second kappa shape index (κ2) is 5.64. The summed E-state index contributed by atoms with van der Waals surface area (Å²) >= 11 is 1.45. The van der Waals surface area contributed by atoms with Crippen LogP contribution in [0.25, 0.3) is 0 Å². The van der Waals surface area contributed by atoms with Crippen LogP contribution in [0.5, 0.6) is 5.75 Å². The predicted octanol–water partition coefficient (Wildman–Crippen LogP) is 2.68. The summed E-state index contributed by atoms with van der Waals surface area (Å²) in [6.45, 7) is 4.42. The summed E-state index contributed by atoms with van der Waals surface area (Å²) < 4.78 is 33.7. The highest BCUT2D eigenvalue weighted by atomic mass is 32.2. The minimum Gasteiger partial charge on any atom is -0.493 e. The molecule has 0 spiro atoms. The van der Waals surface area contributed by atoms with E-state index in [9.17, 15) is 8.42 Å². The van der Waals surface area contributed by atoms with Crippen molar-refractivity contribution in [1.29, 1.82) is 0 Å². The van der Waals surface area contributed by atoms with Crippen LogP contribution < -0.4 is 9.46 Å².